The Morgan fingerprint density at radius 2 is 0.786 bits per heavy atom. The summed E-state index contributed by atoms with van der Waals surface area (Å²) in [5.74, 6) is -1.64. The molecule has 624 valence electrons. The summed E-state index contributed by atoms with van der Waals surface area (Å²) in [7, 11) is -5.08. The quantitative estimate of drug-likeness (QED) is 0.0215. The van der Waals surface area contributed by atoms with Crippen molar-refractivity contribution in [2.45, 2.75) is 173 Å². The molecular weight excluding hydrogens is 1680 g/mol. The SMILES string of the molecule is C=CCC(C)(NS(=O)C(C)(C)C)c1cc(Cl)nc(-c2ccc(F)cc2)c1.CC(=NS(=O)C(C)(C)C)c1cc(Cl)nc(-c2ccc(F)cc2)c1.CC(=O)c1cc(Cl)nc(-c2ccc(F)cc2)c1.CC(CCO)(NS(=O)C(C)(C)C)c1cc(Cl)nc(-c2ccc(F)cc2)c1.CC1(c2cc(Cl)nc(-c3ccc(F)cc3)c2)CCN1S(=O)C(C)(C)C. The zero-order valence-corrected chi connectivity index (χ0v) is 75.2. The minimum atomic E-state index is -1.35. The van der Waals surface area contributed by atoms with Crippen LogP contribution in [-0.4, -0.2) is 94.8 Å². The number of hydrogen-bond donors (Lipinski definition) is 3. The van der Waals surface area contributed by atoms with Crippen molar-refractivity contribution < 1.29 is 48.7 Å². The number of hydrogen-bond acceptors (Lipinski definition) is 11. The molecule has 0 spiro atoms. The van der Waals surface area contributed by atoms with Crippen LogP contribution in [0.2, 0.25) is 25.8 Å². The number of pyridine rings is 5. The van der Waals surface area contributed by atoms with E-state index >= 15 is 0 Å². The molecule has 3 N–H and O–H groups in total. The Kier molecular flexibility index (Phi) is 34.0. The van der Waals surface area contributed by atoms with Crippen LogP contribution < -0.4 is 9.44 Å². The highest BCUT2D eigenvalue weighted by molar-refractivity contribution is 7.85. The molecule has 1 saturated heterocycles. The molecule has 117 heavy (non-hydrogen) atoms. The second-order valence-corrected chi connectivity index (χ2v) is 42.0. The number of aliphatic hydroxyl groups is 1. The number of aromatic nitrogens is 5. The van der Waals surface area contributed by atoms with Crippen LogP contribution in [0.15, 0.2) is 199 Å². The summed E-state index contributed by atoms with van der Waals surface area (Å²) in [5.41, 5.74) is 9.49. The molecule has 29 heteroatoms. The van der Waals surface area contributed by atoms with Crippen LogP contribution in [0.5, 0.6) is 0 Å². The van der Waals surface area contributed by atoms with Gasteiger partial charge in [-0.25, -0.2) is 77.5 Å². The maximum atomic E-state index is 13.2. The minimum Gasteiger partial charge on any atom is -0.396 e. The molecule has 6 heterocycles. The summed E-state index contributed by atoms with van der Waals surface area (Å²) >= 11 is 30.6. The maximum Gasteiger partial charge on any atom is 0.159 e. The van der Waals surface area contributed by atoms with Crippen LogP contribution in [0, 0.1) is 29.1 Å². The highest BCUT2D eigenvalue weighted by Crippen LogP contribution is 2.45. The van der Waals surface area contributed by atoms with Crippen molar-refractivity contribution in [2.75, 3.05) is 13.2 Å². The molecule has 0 aliphatic carbocycles. The predicted octanol–water partition coefficient (Wildman–Crippen LogP) is 23.1. The van der Waals surface area contributed by atoms with Gasteiger partial charge < -0.3 is 5.11 Å². The van der Waals surface area contributed by atoms with Gasteiger partial charge in [-0.05, 0) is 336 Å². The fraction of sp³-hybridized carbons (Fsp3) is 0.330. The summed E-state index contributed by atoms with van der Waals surface area (Å²) in [6, 6.07) is 47.7. The first-order valence-electron chi connectivity index (χ1n) is 36.9. The Morgan fingerprint density at radius 3 is 1.10 bits per heavy atom. The van der Waals surface area contributed by atoms with Gasteiger partial charge in [0.05, 0.1) is 91.8 Å². The normalized spacial score (nSPS) is 15.9. The Labute approximate surface area is 719 Å². The smallest absolute Gasteiger partial charge is 0.159 e. The number of rotatable bonds is 20. The van der Waals surface area contributed by atoms with Crippen LogP contribution in [0.25, 0.3) is 56.3 Å². The molecule has 1 aliphatic heterocycles. The van der Waals surface area contributed by atoms with Crippen molar-refractivity contribution in [3.05, 3.63) is 277 Å². The average Bonchev–Trinajstić information content (AvgIpc) is 0.738. The number of nitrogens with zero attached hydrogens (tertiary/aromatic N) is 7. The van der Waals surface area contributed by atoms with Crippen molar-refractivity contribution in [3.63, 3.8) is 0 Å². The maximum absolute atomic E-state index is 13.2. The van der Waals surface area contributed by atoms with Crippen molar-refractivity contribution >= 4 is 113 Å². The van der Waals surface area contributed by atoms with E-state index in [1.54, 1.807) is 104 Å². The third-order valence-corrected chi connectivity index (χ3v) is 26.1. The van der Waals surface area contributed by atoms with E-state index in [4.69, 9.17) is 58.0 Å². The molecule has 0 bridgehead atoms. The van der Waals surface area contributed by atoms with Gasteiger partial charge in [0.15, 0.2) is 5.78 Å². The summed E-state index contributed by atoms with van der Waals surface area (Å²) < 4.78 is 127. The summed E-state index contributed by atoms with van der Waals surface area (Å²) in [6.45, 7) is 36.5. The molecule has 15 nitrogen and oxygen atoms in total. The lowest BCUT2D eigenvalue weighted by atomic mass is 9.82. The first-order valence-corrected chi connectivity index (χ1v) is 43.3. The molecule has 1 fully saturated rings. The Bertz CT molecular complexity index is 5270. The molecule has 7 atom stereocenters. The zero-order valence-electron chi connectivity index (χ0n) is 68.2. The number of halogens is 10. The van der Waals surface area contributed by atoms with Gasteiger partial charge in [-0.15, -0.1) is 6.58 Å². The Balaban J connectivity index is 0.000000203. The molecule has 5 aromatic heterocycles. The number of Topliss-reactive ketones (excluding diaryl/α,β-unsaturated/α-hetero) is 1. The van der Waals surface area contributed by atoms with Crippen molar-refractivity contribution in [1.29, 1.82) is 0 Å². The molecule has 10 aromatic rings. The van der Waals surface area contributed by atoms with Crippen LogP contribution in [0.4, 0.5) is 22.0 Å². The molecular formula is C88H97Cl5F5N9O6S4. The zero-order chi connectivity index (χ0) is 87.1. The monoisotopic (exact) mass is 1770 g/mol. The van der Waals surface area contributed by atoms with Gasteiger partial charge >= 0.3 is 0 Å². The summed E-state index contributed by atoms with van der Waals surface area (Å²) in [6.07, 6.45) is 3.58. The van der Waals surface area contributed by atoms with Crippen molar-refractivity contribution in [3.8, 4) is 56.3 Å². The topological polar surface area (TPSA) is 210 Å². The van der Waals surface area contributed by atoms with E-state index in [0.717, 1.165) is 63.0 Å². The highest BCUT2D eigenvalue weighted by Gasteiger charge is 2.48. The van der Waals surface area contributed by atoms with Gasteiger partial charge in [-0.2, -0.15) is 4.40 Å². The van der Waals surface area contributed by atoms with E-state index in [0.29, 0.717) is 68.0 Å². The van der Waals surface area contributed by atoms with E-state index in [1.165, 1.54) is 73.7 Å². The first kappa shape index (κ1) is 96.6. The van der Waals surface area contributed by atoms with Gasteiger partial charge in [0.1, 0.15) is 76.8 Å². The first-order chi connectivity index (χ1) is 54.4. The number of aliphatic hydroxyl groups excluding tert-OH is 1. The van der Waals surface area contributed by atoms with E-state index in [-0.39, 0.29) is 62.1 Å². The third-order valence-electron chi connectivity index (χ3n) is 18.1. The van der Waals surface area contributed by atoms with Gasteiger partial charge in [0.2, 0.25) is 0 Å². The number of benzene rings is 5. The Hall–Kier alpha value is -7.53. The lowest BCUT2D eigenvalue weighted by molar-refractivity contribution is 0.0934. The Morgan fingerprint density at radius 1 is 0.470 bits per heavy atom. The molecule has 11 rings (SSSR count). The molecule has 0 radical (unpaired) electrons. The van der Waals surface area contributed by atoms with E-state index < -0.39 is 69.3 Å². The lowest BCUT2D eigenvalue weighted by Crippen LogP contribution is -2.58. The summed E-state index contributed by atoms with van der Waals surface area (Å²) in [4.78, 5) is 32.7. The molecule has 7 unspecified atom stereocenters. The second kappa shape index (κ2) is 41.2. The van der Waals surface area contributed by atoms with Gasteiger partial charge in [-0.3, -0.25) is 4.79 Å². The lowest BCUT2D eigenvalue weighted by Gasteiger charge is -2.51. The van der Waals surface area contributed by atoms with Crippen molar-refractivity contribution in [1.82, 2.24) is 38.7 Å². The molecule has 5 aromatic carbocycles. The van der Waals surface area contributed by atoms with Crippen LogP contribution in [0.1, 0.15) is 170 Å². The van der Waals surface area contributed by atoms with E-state index in [1.807, 2.05) is 126 Å². The fourth-order valence-electron chi connectivity index (χ4n) is 11.1. The number of ketones is 1. The van der Waals surface area contributed by atoms with Gasteiger partial charge in [-0.1, -0.05) is 64.1 Å². The van der Waals surface area contributed by atoms with Crippen molar-refractivity contribution in [2.24, 2.45) is 4.40 Å². The van der Waals surface area contributed by atoms with E-state index in [9.17, 15) is 48.7 Å². The predicted molar refractivity (Wildman–Crippen MR) is 473 cm³/mol. The average molecular weight is 1780 g/mol. The molecule has 0 amide bonds. The second-order valence-electron chi connectivity index (χ2n) is 32.0. The van der Waals surface area contributed by atoms with Crippen LogP contribution in [-0.2, 0) is 60.6 Å². The molecule has 1 aliphatic rings. The van der Waals surface area contributed by atoms with Gasteiger partial charge in [0, 0.05) is 52.1 Å². The summed E-state index contributed by atoms with van der Waals surface area (Å²) in [5, 5.41) is 11.1. The largest absolute Gasteiger partial charge is 0.396 e. The minimum absolute atomic E-state index is 0.0855. The highest BCUT2D eigenvalue weighted by atomic mass is 35.5. The molecule has 0 saturated carbocycles. The standard InChI is InChI=1S/C20H24ClFN2OS.C19H24ClFN2O2S.C19H22ClFN2OS.C17H18ClFN2OS.C13H9ClFNO/c1-6-11-20(5,24-26(25)19(2,3)4)15-12-17(23-18(21)13-15)14-7-9-16(22)10-8-14;1-18(2,3)26(25)23-19(4,9-10-24)14-11-16(22-17(20)12-14)13-5-7-15(21)8-6-13;1-18(2,3)25(24)23-10-9-19(23,4)14-11-16(22-17(20)12-14)13-5-7-15(21)8-6-13;1-11(21-23(22)17(2,3)4)13-9-15(20-16(18)10-13)12-5-7-14(19)8-6-12;1-8(17)10-6-12(16-13(14)7-10)9-2-4-11(15)5-3-9/h6-10,12-13,24H,1,11H2,2-5H3;5-8,11-12,23-24H,9-10H2,1-4H3;5-8,11-12H,9-10H2,1-4H3;5-10H,1-4H3;2-7H,1H3. The van der Waals surface area contributed by atoms with Gasteiger partial charge in [0.25, 0.3) is 0 Å². The van der Waals surface area contributed by atoms with Crippen LogP contribution in [0.3, 0.4) is 0 Å². The number of carbonyl (C=O) groups is 1. The number of nitrogens with one attached hydrogen (secondary N) is 2. The third kappa shape index (κ3) is 27.8. The van der Waals surface area contributed by atoms with E-state index in [2.05, 4.69) is 52.3 Å². The van der Waals surface area contributed by atoms with Crippen LogP contribution >= 0.6 is 58.0 Å². The number of carbonyl (C=O) groups excluding carboxylic acids is 1. The fourth-order valence-corrected chi connectivity index (χ4v) is 16.1.